The van der Waals surface area contributed by atoms with Crippen LogP contribution in [0.15, 0.2) is 12.2 Å². The predicted octanol–water partition coefficient (Wildman–Crippen LogP) is 9.89. The molecule has 2 radical (unpaired) electrons. The molecule has 0 heterocycles. The van der Waals surface area contributed by atoms with Crippen molar-refractivity contribution in [1.29, 1.82) is 0 Å². The fraction of sp³-hybridized carbons (Fsp3) is 0.852. The zero-order valence-corrected chi connectivity index (χ0v) is 19.2. The Morgan fingerprint density at radius 2 is 1.11 bits per heavy atom. The van der Waals surface area contributed by atoms with Crippen LogP contribution in [0.4, 0.5) is 0 Å². The highest BCUT2D eigenvalue weighted by Crippen LogP contribution is 2.22. The molecule has 0 aliphatic carbocycles. The Kier molecular flexibility index (Phi) is 21.8. The zero-order valence-electron chi connectivity index (χ0n) is 19.2. The third-order valence-electron chi connectivity index (χ3n) is 6.11. The number of hydrogen-bond acceptors (Lipinski definition) is 0. The van der Waals surface area contributed by atoms with E-state index < -0.39 is 0 Å². The van der Waals surface area contributed by atoms with Gasteiger partial charge in [0, 0.05) is 0 Å². The summed E-state index contributed by atoms with van der Waals surface area (Å²) in [5.41, 5.74) is 0. The van der Waals surface area contributed by atoms with E-state index in [9.17, 15) is 0 Å². The summed E-state index contributed by atoms with van der Waals surface area (Å²) in [6.07, 6.45) is 30.6. The molecule has 160 valence electrons. The minimum absolute atomic E-state index is 0.899. The first-order valence-electron chi connectivity index (χ1n) is 12.5. The van der Waals surface area contributed by atoms with Crippen molar-refractivity contribution in [1.82, 2.24) is 0 Å². The van der Waals surface area contributed by atoms with E-state index in [2.05, 4.69) is 39.8 Å². The largest absolute Gasteiger partial charge is 0.0885 e. The van der Waals surface area contributed by atoms with Crippen molar-refractivity contribution in [3.63, 3.8) is 0 Å². The van der Waals surface area contributed by atoms with E-state index in [4.69, 9.17) is 0 Å². The van der Waals surface area contributed by atoms with Gasteiger partial charge >= 0.3 is 0 Å². The second-order valence-corrected chi connectivity index (χ2v) is 8.83. The molecule has 27 heavy (non-hydrogen) atoms. The quantitative estimate of drug-likeness (QED) is 0.138. The van der Waals surface area contributed by atoms with Gasteiger partial charge in [0.05, 0.1) is 0 Å². The number of unbranched alkanes of at least 4 members (excludes halogenated alkanes) is 10. The fourth-order valence-corrected chi connectivity index (χ4v) is 4.00. The van der Waals surface area contributed by atoms with Gasteiger partial charge in [-0.05, 0) is 37.5 Å². The summed E-state index contributed by atoms with van der Waals surface area (Å²) in [7, 11) is 0. The molecule has 0 bridgehead atoms. The maximum atomic E-state index is 3.94. The van der Waals surface area contributed by atoms with Gasteiger partial charge in [0.15, 0.2) is 0 Å². The molecule has 0 amide bonds. The van der Waals surface area contributed by atoms with Crippen molar-refractivity contribution in [3.05, 3.63) is 26.0 Å². The summed E-state index contributed by atoms with van der Waals surface area (Å²) in [5, 5.41) is 0. The minimum Gasteiger partial charge on any atom is -0.0885 e. The smallest absolute Gasteiger partial charge is 0.0348 e. The van der Waals surface area contributed by atoms with Gasteiger partial charge in [-0.3, -0.25) is 0 Å². The third kappa shape index (κ3) is 20.3. The Balaban J connectivity index is 3.38. The molecule has 0 aromatic rings. The summed E-state index contributed by atoms with van der Waals surface area (Å²) in [5.74, 6) is 1.89. The molecule has 2 atom stereocenters. The molecular formula is C27H52. The summed E-state index contributed by atoms with van der Waals surface area (Å²) in [4.78, 5) is 0. The topological polar surface area (TPSA) is 0 Å². The van der Waals surface area contributed by atoms with E-state index >= 15 is 0 Å². The molecule has 0 aliphatic heterocycles. The maximum absolute atomic E-state index is 3.94. The molecule has 0 heteroatoms. The average molecular weight is 377 g/mol. The second kappa shape index (κ2) is 22.0. The Labute approximate surface area is 174 Å². The summed E-state index contributed by atoms with van der Waals surface area (Å²) < 4.78 is 0. The van der Waals surface area contributed by atoms with Crippen LogP contribution in [-0.2, 0) is 0 Å². The third-order valence-corrected chi connectivity index (χ3v) is 6.11. The Hall–Kier alpha value is -0.260. The van der Waals surface area contributed by atoms with Crippen LogP contribution in [0.2, 0.25) is 0 Å². The van der Waals surface area contributed by atoms with Gasteiger partial charge in [0.25, 0.3) is 0 Å². The average Bonchev–Trinajstić information content (AvgIpc) is 2.68. The summed E-state index contributed by atoms with van der Waals surface area (Å²) in [6, 6.07) is 0. The van der Waals surface area contributed by atoms with Crippen LogP contribution < -0.4 is 0 Å². The molecular weight excluding hydrogens is 324 g/mol. The van der Waals surface area contributed by atoms with Gasteiger partial charge in [0.1, 0.15) is 0 Å². The van der Waals surface area contributed by atoms with Crippen LogP contribution in [0, 0.1) is 25.7 Å². The van der Waals surface area contributed by atoms with Crippen LogP contribution >= 0.6 is 0 Å². The highest BCUT2D eigenvalue weighted by molar-refractivity contribution is 4.82. The van der Waals surface area contributed by atoms with Crippen LogP contribution in [0.3, 0.4) is 0 Å². The van der Waals surface area contributed by atoms with E-state index in [-0.39, 0.29) is 0 Å². The van der Waals surface area contributed by atoms with E-state index in [0.29, 0.717) is 0 Å². The van der Waals surface area contributed by atoms with Crippen molar-refractivity contribution < 1.29 is 0 Å². The lowest BCUT2D eigenvalue weighted by molar-refractivity contribution is 0.393. The highest BCUT2D eigenvalue weighted by atomic mass is 14.1. The van der Waals surface area contributed by atoms with E-state index in [1.165, 1.54) is 109 Å². The first-order valence-corrected chi connectivity index (χ1v) is 12.5. The van der Waals surface area contributed by atoms with Crippen molar-refractivity contribution in [3.8, 4) is 0 Å². The van der Waals surface area contributed by atoms with Crippen LogP contribution in [0.25, 0.3) is 0 Å². The number of rotatable bonds is 21. The van der Waals surface area contributed by atoms with Crippen LogP contribution in [-0.4, -0.2) is 0 Å². The summed E-state index contributed by atoms with van der Waals surface area (Å²) in [6.45, 7) is 12.7. The van der Waals surface area contributed by atoms with Crippen molar-refractivity contribution in [2.75, 3.05) is 0 Å². The lowest BCUT2D eigenvalue weighted by Crippen LogP contribution is -1.99. The lowest BCUT2D eigenvalue weighted by Gasteiger charge is -2.14. The predicted molar refractivity (Wildman–Crippen MR) is 126 cm³/mol. The Morgan fingerprint density at radius 1 is 0.593 bits per heavy atom. The lowest BCUT2D eigenvalue weighted by atomic mass is 9.92. The fourth-order valence-electron chi connectivity index (χ4n) is 4.00. The molecule has 0 aromatic carbocycles. The molecule has 0 saturated carbocycles. The van der Waals surface area contributed by atoms with Gasteiger partial charge in [0.2, 0.25) is 0 Å². The molecule has 0 rings (SSSR count). The van der Waals surface area contributed by atoms with Gasteiger partial charge in [-0.25, -0.2) is 0 Å². The first-order chi connectivity index (χ1) is 13.2. The van der Waals surface area contributed by atoms with Crippen molar-refractivity contribution in [2.45, 2.75) is 136 Å². The van der Waals surface area contributed by atoms with Crippen LogP contribution in [0.1, 0.15) is 136 Å². The molecule has 0 fully saturated rings. The van der Waals surface area contributed by atoms with Crippen LogP contribution in [0.5, 0.6) is 0 Å². The zero-order chi connectivity index (χ0) is 20.0. The maximum Gasteiger partial charge on any atom is -0.0348 e. The van der Waals surface area contributed by atoms with Gasteiger partial charge in [-0.1, -0.05) is 136 Å². The normalized spacial score (nSPS) is 14.1. The SMILES string of the molecule is [CH2]CCCC=CCCC(C)CCCCCCCCC(CC)CCCCC[CH2]. The molecule has 0 N–H and O–H groups in total. The van der Waals surface area contributed by atoms with E-state index in [1.807, 2.05) is 0 Å². The molecule has 0 nitrogen and oxygen atoms in total. The Morgan fingerprint density at radius 3 is 1.70 bits per heavy atom. The molecule has 0 spiro atoms. The van der Waals surface area contributed by atoms with E-state index in [1.54, 1.807) is 0 Å². The molecule has 0 aliphatic rings. The standard InChI is InChI=1S/C27H52/c1-5-8-10-12-15-18-22-26(4)23-19-16-13-14-17-21-25-27(7-3)24-20-11-9-6-2/h12,15,26-27H,1-2,5-11,13-14,16-25H2,3-4H3. The minimum atomic E-state index is 0.899. The van der Waals surface area contributed by atoms with Crippen molar-refractivity contribution in [2.24, 2.45) is 11.8 Å². The van der Waals surface area contributed by atoms with Gasteiger partial charge in [-0.2, -0.15) is 0 Å². The highest BCUT2D eigenvalue weighted by Gasteiger charge is 2.06. The Bertz CT molecular complexity index is 290. The second-order valence-electron chi connectivity index (χ2n) is 8.83. The van der Waals surface area contributed by atoms with E-state index in [0.717, 1.165) is 24.7 Å². The molecule has 0 saturated heterocycles. The first kappa shape index (κ1) is 26.7. The van der Waals surface area contributed by atoms with Gasteiger partial charge in [-0.15, -0.1) is 0 Å². The number of hydrogen-bond donors (Lipinski definition) is 0. The van der Waals surface area contributed by atoms with Gasteiger partial charge < -0.3 is 0 Å². The summed E-state index contributed by atoms with van der Waals surface area (Å²) >= 11 is 0. The van der Waals surface area contributed by atoms with Crippen molar-refractivity contribution >= 4 is 0 Å². The number of allylic oxidation sites excluding steroid dienone is 2. The monoisotopic (exact) mass is 376 g/mol. The molecule has 0 aromatic heterocycles. The molecule has 2 unspecified atom stereocenters.